The van der Waals surface area contributed by atoms with E-state index in [1.165, 1.54) is 0 Å². The first-order valence-corrected chi connectivity index (χ1v) is 7.15. The van der Waals surface area contributed by atoms with Gasteiger partial charge in [-0.1, -0.05) is 26.1 Å². The molecule has 0 saturated carbocycles. The fraction of sp³-hybridized carbons (Fsp3) is 0.467. The molecule has 1 aliphatic rings. The fourth-order valence-electron chi connectivity index (χ4n) is 2.00. The van der Waals surface area contributed by atoms with Crippen LogP contribution in [-0.4, -0.2) is 17.5 Å². The van der Waals surface area contributed by atoms with Gasteiger partial charge in [0.1, 0.15) is 5.75 Å². The van der Waals surface area contributed by atoms with E-state index in [4.69, 9.17) is 22.7 Å². The van der Waals surface area contributed by atoms with Gasteiger partial charge in [0.15, 0.2) is 0 Å². The molecule has 1 aliphatic heterocycles. The van der Waals surface area contributed by atoms with Crippen molar-refractivity contribution >= 4 is 28.8 Å². The number of hydrogen-bond donors (Lipinski definition) is 2. The zero-order valence-electron chi connectivity index (χ0n) is 11.9. The van der Waals surface area contributed by atoms with Gasteiger partial charge in [0, 0.05) is 17.5 Å². The zero-order valence-corrected chi connectivity index (χ0v) is 12.7. The molecule has 3 N–H and O–H groups in total. The number of fused-ring (bicyclic) bond motifs is 1. The maximum absolute atomic E-state index is 11.3. The number of benzene rings is 1. The van der Waals surface area contributed by atoms with E-state index in [-0.39, 0.29) is 11.3 Å². The third kappa shape index (κ3) is 3.48. The summed E-state index contributed by atoms with van der Waals surface area (Å²) in [5.74, 6) is 0.892. The minimum atomic E-state index is -0.197. The Hall–Kier alpha value is -1.62. The van der Waals surface area contributed by atoms with E-state index in [1.54, 1.807) is 0 Å². The Balaban J connectivity index is 1.95. The lowest BCUT2D eigenvalue weighted by atomic mass is 9.90. The summed E-state index contributed by atoms with van der Waals surface area (Å²) in [5, 5.41) is 2.85. The van der Waals surface area contributed by atoms with Crippen LogP contribution in [0.15, 0.2) is 18.2 Å². The van der Waals surface area contributed by atoms with Gasteiger partial charge in [-0.2, -0.15) is 0 Å². The van der Waals surface area contributed by atoms with E-state index in [0.29, 0.717) is 18.0 Å². The SMILES string of the molecule is CC(C)(CCOc1ccc2c(c1)CCC(=O)N2)C(N)=S. The Morgan fingerprint density at radius 1 is 1.45 bits per heavy atom. The smallest absolute Gasteiger partial charge is 0.224 e. The summed E-state index contributed by atoms with van der Waals surface area (Å²) in [4.78, 5) is 11.8. The van der Waals surface area contributed by atoms with Gasteiger partial charge in [0.2, 0.25) is 5.91 Å². The summed E-state index contributed by atoms with van der Waals surface area (Å²) in [5.41, 5.74) is 7.50. The summed E-state index contributed by atoms with van der Waals surface area (Å²) in [6.45, 7) is 4.59. The van der Waals surface area contributed by atoms with Crippen LogP contribution in [0.3, 0.4) is 0 Å². The van der Waals surface area contributed by atoms with Crippen LogP contribution < -0.4 is 15.8 Å². The molecule has 0 atom stereocenters. The average Bonchev–Trinajstić information content (AvgIpc) is 2.38. The largest absolute Gasteiger partial charge is 0.494 e. The summed E-state index contributed by atoms with van der Waals surface area (Å²) < 4.78 is 5.76. The van der Waals surface area contributed by atoms with Crippen molar-refractivity contribution in [3.8, 4) is 5.75 Å². The first kappa shape index (κ1) is 14.8. The van der Waals surface area contributed by atoms with Gasteiger partial charge in [0.05, 0.1) is 11.6 Å². The molecule has 1 aromatic rings. The van der Waals surface area contributed by atoms with Gasteiger partial charge in [-0.25, -0.2) is 0 Å². The van der Waals surface area contributed by atoms with Crippen LogP contribution in [0.5, 0.6) is 5.75 Å². The molecule has 0 unspecified atom stereocenters. The number of carbonyl (C=O) groups excluding carboxylic acids is 1. The number of ether oxygens (including phenoxy) is 1. The maximum Gasteiger partial charge on any atom is 0.224 e. The van der Waals surface area contributed by atoms with Crippen molar-refractivity contribution in [3.05, 3.63) is 23.8 Å². The summed E-state index contributed by atoms with van der Waals surface area (Å²) >= 11 is 5.03. The predicted molar refractivity (Wildman–Crippen MR) is 84.1 cm³/mol. The molecule has 0 fully saturated rings. The first-order valence-electron chi connectivity index (χ1n) is 6.74. The number of nitrogens with two attached hydrogens (primary N) is 1. The lowest BCUT2D eigenvalue weighted by molar-refractivity contribution is -0.116. The van der Waals surface area contributed by atoms with Gasteiger partial charge < -0.3 is 15.8 Å². The molecule has 0 aliphatic carbocycles. The Labute approximate surface area is 124 Å². The van der Waals surface area contributed by atoms with Crippen LogP contribution in [0.2, 0.25) is 0 Å². The number of carbonyl (C=O) groups is 1. The Morgan fingerprint density at radius 3 is 2.90 bits per heavy atom. The van der Waals surface area contributed by atoms with Gasteiger partial charge in [0.25, 0.3) is 0 Å². The minimum absolute atomic E-state index is 0.0735. The van der Waals surface area contributed by atoms with Crippen LogP contribution >= 0.6 is 12.2 Å². The van der Waals surface area contributed by atoms with Gasteiger partial charge in [-0.15, -0.1) is 0 Å². The highest BCUT2D eigenvalue weighted by Crippen LogP contribution is 2.27. The van der Waals surface area contributed by atoms with Gasteiger partial charge in [-0.3, -0.25) is 4.79 Å². The number of hydrogen-bond acceptors (Lipinski definition) is 3. The molecule has 5 heteroatoms. The highest BCUT2D eigenvalue weighted by atomic mass is 32.1. The monoisotopic (exact) mass is 292 g/mol. The van der Waals surface area contributed by atoms with Crippen molar-refractivity contribution in [1.29, 1.82) is 0 Å². The molecule has 0 radical (unpaired) electrons. The first-order chi connectivity index (χ1) is 9.38. The normalized spacial score (nSPS) is 14.4. The molecule has 1 amide bonds. The van der Waals surface area contributed by atoms with E-state index in [9.17, 15) is 4.79 Å². The Kier molecular flexibility index (Phi) is 4.28. The van der Waals surface area contributed by atoms with E-state index >= 15 is 0 Å². The molecule has 0 saturated heterocycles. The van der Waals surface area contributed by atoms with Crippen molar-refractivity contribution in [3.63, 3.8) is 0 Å². The molecule has 0 spiro atoms. The van der Waals surface area contributed by atoms with Crippen molar-refractivity contribution in [2.45, 2.75) is 33.1 Å². The summed E-state index contributed by atoms with van der Waals surface area (Å²) in [6.07, 6.45) is 2.07. The lowest BCUT2D eigenvalue weighted by Crippen LogP contribution is -2.31. The number of amides is 1. The standard InChI is InChI=1S/C15H20N2O2S/c1-15(2,14(16)20)7-8-19-11-4-5-12-10(9-11)3-6-13(18)17-12/h4-5,9H,3,6-8H2,1-2H3,(H2,16,20)(H,17,18). The number of anilines is 1. The minimum Gasteiger partial charge on any atom is -0.494 e. The number of nitrogens with one attached hydrogen (secondary N) is 1. The highest BCUT2D eigenvalue weighted by molar-refractivity contribution is 7.80. The average molecular weight is 292 g/mol. The predicted octanol–water partition coefficient (Wildman–Crippen LogP) is 2.65. The Morgan fingerprint density at radius 2 is 2.20 bits per heavy atom. The van der Waals surface area contributed by atoms with Crippen LogP contribution in [0.4, 0.5) is 5.69 Å². The maximum atomic E-state index is 11.3. The summed E-state index contributed by atoms with van der Waals surface area (Å²) in [7, 11) is 0. The van der Waals surface area contributed by atoms with E-state index in [2.05, 4.69) is 5.32 Å². The second kappa shape index (κ2) is 5.79. The topological polar surface area (TPSA) is 64.3 Å². The molecule has 1 heterocycles. The third-order valence-corrected chi connectivity index (χ3v) is 4.19. The van der Waals surface area contributed by atoms with Crippen LogP contribution in [0, 0.1) is 5.41 Å². The lowest BCUT2D eigenvalue weighted by Gasteiger charge is -2.23. The molecule has 4 nitrogen and oxygen atoms in total. The van der Waals surface area contributed by atoms with Crippen molar-refractivity contribution in [1.82, 2.24) is 0 Å². The third-order valence-electron chi connectivity index (χ3n) is 3.64. The summed E-state index contributed by atoms with van der Waals surface area (Å²) in [6, 6.07) is 5.75. The molecule has 1 aromatic carbocycles. The highest BCUT2D eigenvalue weighted by Gasteiger charge is 2.21. The molecular weight excluding hydrogens is 272 g/mol. The van der Waals surface area contributed by atoms with Crippen LogP contribution in [0.1, 0.15) is 32.3 Å². The zero-order chi connectivity index (χ0) is 14.8. The van der Waals surface area contributed by atoms with E-state index in [1.807, 2.05) is 32.0 Å². The van der Waals surface area contributed by atoms with Crippen molar-refractivity contribution in [2.75, 3.05) is 11.9 Å². The number of thiocarbonyl (C=S) groups is 1. The molecular formula is C15H20N2O2S. The van der Waals surface area contributed by atoms with Crippen LogP contribution in [0.25, 0.3) is 0 Å². The van der Waals surface area contributed by atoms with Crippen LogP contribution in [-0.2, 0) is 11.2 Å². The number of rotatable bonds is 5. The molecule has 20 heavy (non-hydrogen) atoms. The van der Waals surface area contributed by atoms with Gasteiger partial charge in [-0.05, 0) is 36.6 Å². The van der Waals surface area contributed by atoms with Gasteiger partial charge >= 0.3 is 0 Å². The molecule has 0 bridgehead atoms. The Bertz CT molecular complexity index is 541. The molecule has 108 valence electrons. The quantitative estimate of drug-likeness (QED) is 0.819. The number of aryl methyl sites for hydroxylation is 1. The van der Waals surface area contributed by atoms with E-state index in [0.717, 1.165) is 29.8 Å². The second-order valence-corrected chi connectivity index (χ2v) is 6.15. The fourth-order valence-corrected chi connectivity index (χ4v) is 2.10. The van der Waals surface area contributed by atoms with E-state index < -0.39 is 0 Å². The van der Waals surface area contributed by atoms with Crippen molar-refractivity contribution < 1.29 is 9.53 Å². The molecule has 2 rings (SSSR count). The van der Waals surface area contributed by atoms with Crippen molar-refractivity contribution in [2.24, 2.45) is 11.1 Å². The molecule has 0 aromatic heterocycles. The second-order valence-electron chi connectivity index (χ2n) is 5.71.